The molecule has 0 bridgehead atoms. The summed E-state index contributed by atoms with van der Waals surface area (Å²) in [6.07, 6.45) is 0. The van der Waals surface area contributed by atoms with Crippen molar-refractivity contribution in [1.82, 2.24) is 10.9 Å². The van der Waals surface area contributed by atoms with Crippen LogP contribution in [0, 0.1) is 0 Å². The Kier molecular flexibility index (Phi) is 5.33. The van der Waals surface area contributed by atoms with Crippen LogP contribution in [0.1, 0.15) is 10.6 Å². The zero-order chi connectivity index (χ0) is 17.6. The molecule has 3 rings (SSSR count). The molecule has 7 heteroatoms. The second-order valence-corrected chi connectivity index (χ2v) is 5.92. The van der Waals surface area contributed by atoms with Crippen molar-refractivity contribution in [3.05, 3.63) is 77.5 Å². The number of nitrogens with one attached hydrogen (secondary N) is 3. The number of carbonyl (C=O) groups is 1. The third kappa shape index (κ3) is 4.59. The number of hydrazine groups is 1. The predicted octanol–water partition coefficient (Wildman–Crippen LogP) is 4.23. The van der Waals surface area contributed by atoms with Crippen LogP contribution in [0.2, 0.25) is 5.02 Å². The molecular formula is C18H14ClN3O2S. The number of furan rings is 1. The van der Waals surface area contributed by atoms with E-state index >= 15 is 0 Å². The van der Waals surface area contributed by atoms with E-state index < -0.39 is 5.91 Å². The van der Waals surface area contributed by atoms with Crippen LogP contribution in [0.5, 0.6) is 0 Å². The maximum absolute atomic E-state index is 12.1. The van der Waals surface area contributed by atoms with Crippen LogP contribution in [0.25, 0.3) is 11.3 Å². The molecule has 0 aliphatic rings. The Bertz CT molecular complexity index is 896. The highest BCUT2D eigenvalue weighted by Gasteiger charge is 2.12. The lowest BCUT2D eigenvalue weighted by Crippen LogP contribution is -2.43. The SMILES string of the molecule is O=C(NNC(=S)Nc1ccccc1)c1ccc(-c2cccc(Cl)c2)o1. The van der Waals surface area contributed by atoms with Gasteiger partial charge in [0.2, 0.25) is 0 Å². The number of benzene rings is 2. The summed E-state index contributed by atoms with van der Waals surface area (Å²) in [4.78, 5) is 12.1. The summed E-state index contributed by atoms with van der Waals surface area (Å²) in [5.74, 6) is 0.271. The largest absolute Gasteiger partial charge is 0.451 e. The highest BCUT2D eigenvalue weighted by molar-refractivity contribution is 7.80. The Hall–Kier alpha value is -2.83. The van der Waals surface area contributed by atoms with Crippen LogP contribution in [-0.2, 0) is 0 Å². The van der Waals surface area contributed by atoms with Gasteiger partial charge < -0.3 is 9.73 Å². The summed E-state index contributed by atoms with van der Waals surface area (Å²) >= 11 is 11.1. The first-order valence-corrected chi connectivity index (χ1v) is 8.18. The first kappa shape index (κ1) is 17.0. The predicted molar refractivity (Wildman–Crippen MR) is 102 cm³/mol. The van der Waals surface area contributed by atoms with E-state index in [1.54, 1.807) is 24.3 Å². The van der Waals surface area contributed by atoms with E-state index in [0.717, 1.165) is 11.3 Å². The number of thiocarbonyl (C=S) groups is 1. The molecule has 0 aliphatic carbocycles. The summed E-state index contributed by atoms with van der Waals surface area (Å²) in [6.45, 7) is 0. The number of rotatable bonds is 3. The quantitative estimate of drug-likeness (QED) is 0.475. The van der Waals surface area contributed by atoms with Gasteiger partial charge >= 0.3 is 5.91 Å². The van der Waals surface area contributed by atoms with E-state index in [2.05, 4.69) is 16.2 Å². The van der Waals surface area contributed by atoms with E-state index in [-0.39, 0.29) is 10.9 Å². The van der Waals surface area contributed by atoms with E-state index in [4.69, 9.17) is 28.2 Å². The van der Waals surface area contributed by atoms with Gasteiger partial charge in [-0.1, -0.05) is 41.9 Å². The minimum atomic E-state index is -0.439. The topological polar surface area (TPSA) is 66.3 Å². The van der Waals surface area contributed by atoms with Crippen LogP contribution < -0.4 is 16.2 Å². The van der Waals surface area contributed by atoms with Gasteiger partial charge in [-0.3, -0.25) is 15.6 Å². The minimum Gasteiger partial charge on any atom is -0.451 e. The molecule has 126 valence electrons. The average molecular weight is 372 g/mol. The lowest BCUT2D eigenvalue weighted by atomic mass is 10.2. The highest BCUT2D eigenvalue weighted by atomic mass is 35.5. The summed E-state index contributed by atoms with van der Waals surface area (Å²) in [7, 11) is 0. The molecule has 2 aromatic carbocycles. The molecule has 0 saturated heterocycles. The van der Waals surface area contributed by atoms with Crippen molar-refractivity contribution >= 4 is 40.5 Å². The second-order valence-electron chi connectivity index (χ2n) is 5.07. The van der Waals surface area contributed by atoms with Gasteiger partial charge in [0.15, 0.2) is 10.9 Å². The molecule has 1 heterocycles. The zero-order valence-corrected chi connectivity index (χ0v) is 14.5. The molecule has 0 aliphatic heterocycles. The molecule has 3 aromatic rings. The number of hydrogen-bond donors (Lipinski definition) is 3. The van der Waals surface area contributed by atoms with Crippen LogP contribution in [0.3, 0.4) is 0 Å². The molecule has 0 spiro atoms. The molecule has 0 fully saturated rings. The van der Waals surface area contributed by atoms with Crippen molar-refractivity contribution in [3.8, 4) is 11.3 Å². The van der Waals surface area contributed by atoms with E-state index in [0.29, 0.717) is 10.8 Å². The maximum atomic E-state index is 12.1. The monoisotopic (exact) mass is 371 g/mol. The molecule has 5 nitrogen and oxygen atoms in total. The van der Waals surface area contributed by atoms with E-state index in [9.17, 15) is 4.79 Å². The van der Waals surface area contributed by atoms with Crippen molar-refractivity contribution in [2.45, 2.75) is 0 Å². The van der Waals surface area contributed by atoms with Gasteiger partial charge in [-0.2, -0.15) is 0 Å². The Morgan fingerprint density at radius 2 is 1.76 bits per heavy atom. The number of hydrogen-bond acceptors (Lipinski definition) is 3. The van der Waals surface area contributed by atoms with Crippen LogP contribution >= 0.6 is 23.8 Å². The summed E-state index contributed by atoms with van der Waals surface area (Å²) in [6, 6.07) is 19.9. The number of anilines is 1. The van der Waals surface area contributed by atoms with E-state index in [1.807, 2.05) is 42.5 Å². The highest BCUT2D eigenvalue weighted by Crippen LogP contribution is 2.24. The maximum Gasteiger partial charge on any atom is 0.305 e. The Morgan fingerprint density at radius 1 is 0.960 bits per heavy atom. The zero-order valence-electron chi connectivity index (χ0n) is 13.0. The van der Waals surface area contributed by atoms with Crippen molar-refractivity contribution in [1.29, 1.82) is 0 Å². The first-order valence-electron chi connectivity index (χ1n) is 7.40. The van der Waals surface area contributed by atoms with Crippen molar-refractivity contribution < 1.29 is 9.21 Å². The number of amides is 1. The van der Waals surface area contributed by atoms with E-state index in [1.165, 1.54) is 0 Å². The third-order valence-corrected chi connectivity index (χ3v) is 3.70. The molecule has 0 atom stereocenters. The minimum absolute atomic E-state index is 0.157. The van der Waals surface area contributed by atoms with Gasteiger partial charge in [-0.05, 0) is 48.6 Å². The molecule has 1 amide bonds. The second kappa shape index (κ2) is 7.83. The van der Waals surface area contributed by atoms with Gasteiger partial charge in [0.05, 0.1) is 0 Å². The third-order valence-electron chi connectivity index (χ3n) is 3.26. The van der Waals surface area contributed by atoms with Gasteiger partial charge in [0.25, 0.3) is 0 Å². The molecule has 25 heavy (non-hydrogen) atoms. The number of carbonyl (C=O) groups excluding carboxylic acids is 1. The van der Waals surface area contributed by atoms with Gasteiger partial charge in [0.1, 0.15) is 5.76 Å². The van der Waals surface area contributed by atoms with Crippen LogP contribution in [0.15, 0.2) is 71.1 Å². The summed E-state index contributed by atoms with van der Waals surface area (Å²) < 4.78 is 5.56. The van der Waals surface area contributed by atoms with Crippen molar-refractivity contribution in [2.75, 3.05) is 5.32 Å². The van der Waals surface area contributed by atoms with Gasteiger partial charge in [-0.25, -0.2) is 0 Å². The van der Waals surface area contributed by atoms with Gasteiger partial charge in [-0.15, -0.1) is 0 Å². The lowest BCUT2D eigenvalue weighted by molar-refractivity contribution is 0.0917. The molecule has 0 unspecified atom stereocenters. The van der Waals surface area contributed by atoms with Crippen molar-refractivity contribution in [2.24, 2.45) is 0 Å². The first-order chi connectivity index (χ1) is 12.1. The van der Waals surface area contributed by atoms with Crippen molar-refractivity contribution in [3.63, 3.8) is 0 Å². The number of halogens is 1. The molecule has 1 aromatic heterocycles. The standard InChI is InChI=1S/C18H14ClN3O2S/c19-13-6-4-5-12(11-13)15-9-10-16(24-15)17(23)21-22-18(25)20-14-7-2-1-3-8-14/h1-11H,(H,21,23)(H2,20,22,25). The lowest BCUT2D eigenvalue weighted by Gasteiger charge is -2.10. The molecular weight excluding hydrogens is 358 g/mol. The Labute approximate surface area is 155 Å². The summed E-state index contributed by atoms with van der Waals surface area (Å²) in [5.41, 5.74) is 6.72. The number of para-hydroxylation sites is 1. The smallest absolute Gasteiger partial charge is 0.305 e. The molecule has 0 radical (unpaired) electrons. The average Bonchev–Trinajstić information content (AvgIpc) is 3.11. The molecule has 0 saturated carbocycles. The van der Waals surface area contributed by atoms with Crippen LogP contribution in [0.4, 0.5) is 5.69 Å². The fourth-order valence-corrected chi connectivity index (χ4v) is 2.47. The summed E-state index contributed by atoms with van der Waals surface area (Å²) in [5, 5.41) is 3.81. The fourth-order valence-electron chi connectivity index (χ4n) is 2.12. The molecule has 3 N–H and O–H groups in total. The normalized spacial score (nSPS) is 10.1. The van der Waals surface area contributed by atoms with Crippen LogP contribution in [-0.4, -0.2) is 11.0 Å². The van der Waals surface area contributed by atoms with Gasteiger partial charge in [0, 0.05) is 16.3 Å². The fraction of sp³-hybridized carbons (Fsp3) is 0. The Morgan fingerprint density at radius 3 is 2.52 bits per heavy atom. The Balaban J connectivity index is 1.58.